The van der Waals surface area contributed by atoms with Crippen molar-refractivity contribution in [2.24, 2.45) is 0 Å². The molecule has 23 heavy (non-hydrogen) atoms. The van der Waals surface area contributed by atoms with Crippen molar-refractivity contribution in [3.63, 3.8) is 0 Å². The van der Waals surface area contributed by atoms with Crippen LogP contribution in [0.5, 0.6) is 0 Å². The maximum atomic E-state index is 12.9. The lowest BCUT2D eigenvalue weighted by Gasteiger charge is -2.36. The van der Waals surface area contributed by atoms with Crippen molar-refractivity contribution in [3.8, 4) is 0 Å². The second-order valence-electron chi connectivity index (χ2n) is 5.80. The molecule has 0 spiro atoms. The number of hydrogen-bond donors (Lipinski definition) is 1. The summed E-state index contributed by atoms with van der Waals surface area (Å²) in [7, 11) is 0. The van der Waals surface area contributed by atoms with Gasteiger partial charge in [-0.3, -0.25) is 9.69 Å². The van der Waals surface area contributed by atoms with Crippen LogP contribution in [0.2, 0.25) is 0 Å². The van der Waals surface area contributed by atoms with E-state index in [0.29, 0.717) is 24.7 Å². The van der Waals surface area contributed by atoms with Crippen LogP contribution in [0, 0.1) is 6.92 Å². The monoisotopic (exact) mass is 315 g/mol. The summed E-state index contributed by atoms with van der Waals surface area (Å²) in [5.74, 6) is 0.991. The van der Waals surface area contributed by atoms with Crippen molar-refractivity contribution in [2.75, 3.05) is 25.0 Å². The van der Waals surface area contributed by atoms with E-state index >= 15 is 0 Å². The lowest BCUT2D eigenvalue weighted by molar-refractivity contribution is -0.124. The standard InChI is InChI=1S/C17H21N3O3/c1-12-10-15(19-23-12)18-17(21)16(14-6-4-3-5-7-14)20-8-9-22-13(2)11-20/h3-7,10,13,16H,8-9,11H2,1-2H3,(H,18,19,21)/t13-,16-/m1/s1. The molecule has 1 saturated heterocycles. The van der Waals surface area contributed by atoms with Gasteiger partial charge in [0.15, 0.2) is 5.82 Å². The van der Waals surface area contributed by atoms with Crippen molar-refractivity contribution in [1.82, 2.24) is 10.1 Å². The van der Waals surface area contributed by atoms with E-state index in [-0.39, 0.29) is 18.1 Å². The third kappa shape index (κ3) is 3.78. The van der Waals surface area contributed by atoms with Gasteiger partial charge in [0.05, 0.1) is 12.7 Å². The molecule has 1 aliphatic heterocycles. The van der Waals surface area contributed by atoms with Crippen LogP contribution in [-0.4, -0.2) is 41.8 Å². The molecule has 0 unspecified atom stereocenters. The topological polar surface area (TPSA) is 67.6 Å². The van der Waals surface area contributed by atoms with E-state index < -0.39 is 0 Å². The molecule has 6 nitrogen and oxygen atoms in total. The predicted molar refractivity (Wildman–Crippen MR) is 86.0 cm³/mol. The second-order valence-corrected chi connectivity index (χ2v) is 5.80. The minimum atomic E-state index is -0.375. The molecule has 1 aromatic heterocycles. The number of carbonyl (C=O) groups is 1. The first kappa shape index (κ1) is 15.7. The Hall–Kier alpha value is -2.18. The van der Waals surface area contributed by atoms with Gasteiger partial charge in [-0.2, -0.15) is 0 Å². The summed E-state index contributed by atoms with van der Waals surface area (Å²) in [5, 5.41) is 6.69. The number of hydrogen-bond acceptors (Lipinski definition) is 5. The lowest BCUT2D eigenvalue weighted by Crippen LogP contribution is -2.46. The van der Waals surface area contributed by atoms with Gasteiger partial charge in [-0.05, 0) is 19.4 Å². The van der Waals surface area contributed by atoms with Crippen molar-refractivity contribution in [3.05, 3.63) is 47.7 Å². The fourth-order valence-corrected chi connectivity index (χ4v) is 2.86. The number of morpholine rings is 1. The van der Waals surface area contributed by atoms with Gasteiger partial charge in [0, 0.05) is 19.2 Å². The Bertz CT molecular complexity index is 656. The summed E-state index contributed by atoms with van der Waals surface area (Å²) in [5.41, 5.74) is 0.958. The molecule has 0 saturated carbocycles. The number of ether oxygens (including phenoxy) is 1. The average molecular weight is 315 g/mol. The zero-order valence-electron chi connectivity index (χ0n) is 13.4. The molecule has 0 aliphatic carbocycles. The van der Waals surface area contributed by atoms with Crippen LogP contribution in [0.4, 0.5) is 5.82 Å². The van der Waals surface area contributed by atoms with Crippen LogP contribution < -0.4 is 5.32 Å². The number of aromatic nitrogens is 1. The summed E-state index contributed by atoms with van der Waals surface area (Å²) in [6.07, 6.45) is 0.108. The SMILES string of the molecule is Cc1cc(NC(=O)[C@@H](c2ccccc2)N2CCO[C@H](C)C2)no1. The summed E-state index contributed by atoms with van der Waals surface area (Å²) < 4.78 is 10.6. The maximum absolute atomic E-state index is 12.9. The van der Waals surface area contributed by atoms with E-state index in [2.05, 4.69) is 15.4 Å². The zero-order chi connectivity index (χ0) is 16.2. The first-order valence-electron chi connectivity index (χ1n) is 7.78. The smallest absolute Gasteiger partial charge is 0.247 e. The molecule has 2 heterocycles. The van der Waals surface area contributed by atoms with Crippen LogP contribution in [0.15, 0.2) is 40.9 Å². The third-order valence-electron chi connectivity index (χ3n) is 3.88. The second kappa shape index (κ2) is 6.93. The molecule has 1 amide bonds. The molecule has 0 bridgehead atoms. The number of benzene rings is 1. The van der Waals surface area contributed by atoms with Crippen LogP contribution in [0.25, 0.3) is 0 Å². The lowest BCUT2D eigenvalue weighted by atomic mass is 10.0. The molecule has 3 rings (SSSR count). The van der Waals surface area contributed by atoms with Crippen molar-refractivity contribution in [2.45, 2.75) is 26.0 Å². The molecular weight excluding hydrogens is 294 g/mol. The number of aryl methyl sites for hydroxylation is 1. The number of rotatable bonds is 4. The van der Waals surface area contributed by atoms with Crippen LogP contribution in [0.3, 0.4) is 0 Å². The van der Waals surface area contributed by atoms with E-state index in [1.54, 1.807) is 13.0 Å². The molecule has 1 aliphatic rings. The van der Waals surface area contributed by atoms with Crippen molar-refractivity contribution < 1.29 is 14.1 Å². The Morgan fingerprint density at radius 3 is 2.83 bits per heavy atom. The molecule has 1 aromatic carbocycles. The Labute approximate surface area is 135 Å². The van der Waals surface area contributed by atoms with Crippen LogP contribution in [0.1, 0.15) is 24.3 Å². The number of carbonyl (C=O) groups excluding carboxylic acids is 1. The fourth-order valence-electron chi connectivity index (χ4n) is 2.86. The third-order valence-corrected chi connectivity index (χ3v) is 3.88. The molecule has 122 valence electrons. The zero-order valence-corrected chi connectivity index (χ0v) is 13.4. The van der Waals surface area contributed by atoms with Crippen LogP contribution >= 0.6 is 0 Å². The first-order chi connectivity index (χ1) is 11.1. The normalized spacial score (nSPS) is 20.2. The number of nitrogens with zero attached hydrogens (tertiary/aromatic N) is 2. The molecule has 2 atom stereocenters. The summed E-state index contributed by atoms with van der Waals surface area (Å²) >= 11 is 0. The Balaban J connectivity index is 1.83. The maximum Gasteiger partial charge on any atom is 0.247 e. The Kier molecular flexibility index (Phi) is 4.73. The highest BCUT2D eigenvalue weighted by atomic mass is 16.5. The molecular formula is C17H21N3O3. The van der Waals surface area contributed by atoms with Crippen LogP contribution in [-0.2, 0) is 9.53 Å². The van der Waals surface area contributed by atoms with Gasteiger partial charge in [0.2, 0.25) is 5.91 Å². The van der Waals surface area contributed by atoms with E-state index in [1.807, 2.05) is 37.3 Å². The predicted octanol–water partition coefficient (Wildman–Crippen LogP) is 2.38. The average Bonchev–Trinajstić information content (AvgIpc) is 2.94. The van der Waals surface area contributed by atoms with Crippen molar-refractivity contribution >= 4 is 11.7 Å². The Morgan fingerprint density at radius 2 is 2.17 bits per heavy atom. The molecule has 1 N–H and O–H groups in total. The molecule has 0 radical (unpaired) electrons. The molecule has 1 fully saturated rings. The minimum absolute atomic E-state index is 0.108. The van der Waals surface area contributed by atoms with E-state index in [1.165, 1.54) is 0 Å². The Morgan fingerprint density at radius 1 is 1.39 bits per heavy atom. The fraction of sp³-hybridized carbons (Fsp3) is 0.412. The van der Waals surface area contributed by atoms with Gasteiger partial charge >= 0.3 is 0 Å². The number of amides is 1. The summed E-state index contributed by atoms with van der Waals surface area (Å²) in [6, 6.07) is 11.1. The van der Waals surface area contributed by atoms with Gasteiger partial charge in [0.25, 0.3) is 0 Å². The van der Waals surface area contributed by atoms with Gasteiger partial charge in [-0.25, -0.2) is 0 Å². The van der Waals surface area contributed by atoms with Gasteiger partial charge in [0.1, 0.15) is 11.8 Å². The molecule has 6 heteroatoms. The largest absolute Gasteiger partial charge is 0.376 e. The number of anilines is 1. The summed E-state index contributed by atoms with van der Waals surface area (Å²) in [6.45, 7) is 5.87. The van der Waals surface area contributed by atoms with Gasteiger partial charge in [-0.15, -0.1) is 0 Å². The highest BCUT2D eigenvalue weighted by Gasteiger charge is 2.31. The molecule has 2 aromatic rings. The highest BCUT2D eigenvalue weighted by Crippen LogP contribution is 2.25. The highest BCUT2D eigenvalue weighted by molar-refractivity contribution is 5.94. The van der Waals surface area contributed by atoms with Crippen molar-refractivity contribution in [1.29, 1.82) is 0 Å². The quantitative estimate of drug-likeness (QED) is 0.938. The van der Waals surface area contributed by atoms with E-state index in [0.717, 1.165) is 12.1 Å². The van der Waals surface area contributed by atoms with E-state index in [4.69, 9.17) is 9.26 Å². The minimum Gasteiger partial charge on any atom is -0.376 e. The van der Waals surface area contributed by atoms with E-state index in [9.17, 15) is 4.79 Å². The van der Waals surface area contributed by atoms with Gasteiger partial charge in [-0.1, -0.05) is 35.5 Å². The number of nitrogens with one attached hydrogen (secondary N) is 1. The summed E-state index contributed by atoms with van der Waals surface area (Å²) in [4.78, 5) is 15.0. The van der Waals surface area contributed by atoms with Gasteiger partial charge < -0.3 is 14.6 Å². The first-order valence-corrected chi connectivity index (χ1v) is 7.78.